The summed E-state index contributed by atoms with van der Waals surface area (Å²) < 4.78 is 0. The molecule has 0 amide bonds. The minimum Gasteiger partial charge on any atom is -1.00 e. The molecule has 0 fully saturated rings. The topological polar surface area (TPSA) is 0 Å². The molecule has 0 aromatic heterocycles. The maximum absolute atomic E-state index is 3.00. The molecule has 3 rings (SSSR count). The van der Waals surface area contributed by atoms with Crippen LogP contribution in [0.15, 0.2) is 79.9 Å². The van der Waals surface area contributed by atoms with Crippen molar-refractivity contribution in [2.24, 2.45) is 0 Å². The Morgan fingerprint density at radius 1 is 0.900 bits per heavy atom. The molecular weight excluding hydrogens is 454 g/mol. The largest absolute Gasteiger partial charge is 4.00 e. The Balaban J connectivity index is -0.000000237. The van der Waals surface area contributed by atoms with E-state index < -0.39 is 0 Å². The molecule has 0 aliphatic carbocycles. The molecule has 0 saturated heterocycles. The fourth-order valence-electron chi connectivity index (χ4n) is 1.54. The quantitative estimate of drug-likeness (QED) is 0.226. The van der Waals surface area contributed by atoms with Gasteiger partial charge < -0.3 is 24.8 Å². The van der Waals surface area contributed by atoms with Crippen molar-refractivity contribution in [3.05, 3.63) is 85.5 Å². The van der Waals surface area contributed by atoms with Crippen molar-refractivity contribution in [3.63, 3.8) is 0 Å². The summed E-state index contributed by atoms with van der Waals surface area (Å²) in [7, 11) is 0. The first-order valence-electron chi connectivity index (χ1n) is 5.65. The summed E-state index contributed by atoms with van der Waals surface area (Å²) in [4.78, 5) is 0. The Labute approximate surface area is 153 Å². The number of fused-ring (bicyclic) bond motifs is 1. The molecule has 0 unspecified atom stereocenters. The Morgan fingerprint density at radius 3 is 1.90 bits per heavy atom. The molecule has 0 spiro atoms. The molecule has 3 aromatic rings. The van der Waals surface area contributed by atoms with E-state index in [9.17, 15) is 0 Å². The zero-order chi connectivity index (χ0) is 12.5. The van der Waals surface area contributed by atoms with Gasteiger partial charge in [0.2, 0.25) is 0 Å². The molecule has 0 saturated carbocycles. The molecule has 3 aromatic carbocycles. The summed E-state index contributed by atoms with van der Waals surface area (Å²) in [6.45, 7) is 8.08. The molecule has 0 aliphatic heterocycles. The molecule has 0 aliphatic rings. The van der Waals surface area contributed by atoms with Gasteiger partial charge >= 0.3 is 25.8 Å². The third kappa shape index (κ3) is 8.52. The Hall–Kier alpha value is -0.630. The van der Waals surface area contributed by atoms with Crippen LogP contribution < -0.4 is 24.8 Å². The van der Waals surface area contributed by atoms with E-state index in [-0.39, 0.29) is 50.7 Å². The number of halogens is 2. The minimum absolute atomic E-state index is 0. The van der Waals surface area contributed by atoms with E-state index >= 15 is 0 Å². The van der Waals surface area contributed by atoms with E-state index in [1.807, 2.05) is 12.1 Å². The Morgan fingerprint density at radius 2 is 1.45 bits per heavy atom. The molecule has 3 heteroatoms. The zero-order valence-corrected chi connectivity index (χ0v) is 16.6. The van der Waals surface area contributed by atoms with Gasteiger partial charge in [-0.15, -0.1) is 42.8 Å². The van der Waals surface area contributed by atoms with E-state index in [0.29, 0.717) is 0 Å². The van der Waals surface area contributed by atoms with Crippen molar-refractivity contribution in [1.82, 2.24) is 0 Å². The van der Waals surface area contributed by atoms with Gasteiger partial charge in [0.05, 0.1) is 0 Å². The summed E-state index contributed by atoms with van der Waals surface area (Å²) in [5.74, 6) is 0. The summed E-state index contributed by atoms with van der Waals surface area (Å²) in [6.07, 6.45) is 0. The van der Waals surface area contributed by atoms with E-state index in [0.717, 1.165) is 0 Å². The first-order chi connectivity index (χ1) is 8.36. The maximum atomic E-state index is 3.00. The number of benzene rings is 1. The standard InChI is InChI=1S/C9H7.C6H7.C2H4.2ClH.Hf/c1-2-5-9-7-3-6-8(9)4-1;1-6-4-2-3-5-6;1-2;;;/h1-7H;2-5H,1H3;1-2H2;2*1H;/q2*-1;;;;+4/p-2. The molecule has 0 radical (unpaired) electrons. The maximum Gasteiger partial charge on any atom is 4.00 e. The second-order valence-electron chi connectivity index (χ2n) is 3.62. The summed E-state index contributed by atoms with van der Waals surface area (Å²) in [6, 6.07) is 22.9. The van der Waals surface area contributed by atoms with E-state index in [1.165, 1.54) is 16.3 Å². The van der Waals surface area contributed by atoms with Crippen LogP contribution >= 0.6 is 0 Å². The van der Waals surface area contributed by atoms with E-state index in [4.69, 9.17) is 0 Å². The Kier molecular flexibility index (Phi) is 18.0. The van der Waals surface area contributed by atoms with Gasteiger partial charge in [0.15, 0.2) is 0 Å². The summed E-state index contributed by atoms with van der Waals surface area (Å²) in [5, 5.41) is 2.66. The van der Waals surface area contributed by atoms with E-state index in [1.54, 1.807) is 0 Å². The molecular formula is C17H18Cl2Hf. The van der Waals surface area contributed by atoms with Gasteiger partial charge in [-0.3, -0.25) is 0 Å². The third-order valence-electron chi connectivity index (χ3n) is 2.38. The zero-order valence-electron chi connectivity index (χ0n) is 11.5. The second kappa shape index (κ2) is 14.8. The van der Waals surface area contributed by atoms with E-state index in [2.05, 4.69) is 74.7 Å². The van der Waals surface area contributed by atoms with Gasteiger partial charge in [-0.1, -0.05) is 13.0 Å². The summed E-state index contributed by atoms with van der Waals surface area (Å²) in [5.41, 5.74) is 1.34. The molecule has 0 bridgehead atoms. The van der Waals surface area contributed by atoms with Crippen LogP contribution in [0.1, 0.15) is 5.56 Å². The van der Waals surface area contributed by atoms with Crippen molar-refractivity contribution in [3.8, 4) is 0 Å². The molecule has 20 heavy (non-hydrogen) atoms. The normalized spacial score (nSPS) is 7.45. The number of hydrogen-bond donors (Lipinski definition) is 0. The fourth-order valence-corrected chi connectivity index (χ4v) is 1.54. The molecule has 104 valence electrons. The van der Waals surface area contributed by atoms with Crippen LogP contribution in [0.2, 0.25) is 0 Å². The number of aryl methyl sites for hydroxylation is 1. The average Bonchev–Trinajstić information content (AvgIpc) is 3.02. The first-order valence-corrected chi connectivity index (χ1v) is 5.65. The predicted molar refractivity (Wildman–Crippen MR) is 77.6 cm³/mol. The van der Waals surface area contributed by atoms with Crippen LogP contribution in [-0.2, 0) is 25.8 Å². The van der Waals surface area contributed by atoms with Gasteiger partial charge in [-0.2, -0.15) is 35.2 Å². The van der Waals surface area contributed by atoms with Crippen LogP contribution in [0, 0.1) is 6.92 Å². The third-order valence-corrected chi connectivity index (χ3v) is 2.38. The van der Waals surface area contributed by atoms with Crippen LogP contribution in [0.3, 0.4) is 0 Å². The molecule has 0 atom stereocenters. The average molecular weight is 472 g/mol. The first kappa shape index (κ1) is 24.4. The molecule has 0 N–H and O–H groups in total. The van der Waals surface area contributed by atoms with Crippen molar-refractivity contribution >= 4 is 10.8 Å². The SMILES string of the molecule is C=C.C[c-]1cccc1.[Cl-].[Cl-].[Hf+4].c1ccc2[cH-]ccc2c1. The fraction of sp³-hybridized carbons (Fsp3) is 0.0588. The van der Waals surface area contributed by atoms with Crippen molar-refractivity contribution in [2.45, 2.75) is 6.92 Å². The van der Waals surface area contributed by atoms with Gasteiger partial charge in [-0.05, 0) is 0 Å². The molecule has 0 heterocycles. The monoisotopic (exact) mass is 472 g/mol. The van der Waals surface area contributed by atoms with Crippen molar-refractivity contribution in [2.75, 3.05) is 0 Å². The smallest absolute Gasteiger partial charge is 1.00 e. The van der Waals surface area contributed by atoms with Crippen LogP contribution in [-0.4, -0.2) is 0 Å². The molecule has 0 nitrogen and oxygen atoms in total. The van der Waals surface area contributed by atoms with Crippen molar-refractivity contribution < 1.29 is 50.7 Å². The van der Waals surface area contributed by atoms with Crippen LogP contribution in [0.5, 0.6) is 0 Å². The van der Waals surface area contributed by atoms with Gasteiger partial charge in [0.25, 0.3) is 0 Å². The number of hydrogen-bond acceptors (Lipinski definition) is 0. The van der Waals surface area contributed by atoms with Gasteiger partial charge in [-0.25, -0.2) is 12.1 Å². The van der Waals surface area contributed by atoms with Gasteiger partial charge in [0, 0.05) is 0 Å². The van der Waals surface area contributed by atoms with Crippen molar-refractivity contribution in [1.29, 1.82) is 0 Å². The second-order valence-corrected chi connectivity index (χ2v) is 3.62. The predicted octanol–water partition coefficient (Wildman–Crippen LogP) is -0.920. The Bertz CT molecular complexity index is 496. The van der Waals surface area contributed by atoms with Crippen LogP contribution in [0.4, 0.5) is 0 Å². The van der Waals surface area contributed by atoms with Gasteiger partial charge in [0.1, 0.15) is 0 Å². The number of rotatable bonds is 0. The minimum atomic E-state index is 0. The van der Waals surface area contributed by atoms with Crippen LogP contribution in [0.25, 0.3) is 10.8 Å². The summed E-state index contributed by atoms with van der Waals surface area (Å²) >= 11 is 0.